The summed E-state index contributed by atoms with van der Waals surface area (Å²) in [6.07, 6.45) is 1.61. The summed E-state index contributed by atoms with van der Waals surface area (Å²) >= 11 is 11.9. The van der Waals surface area contributed by atoms with Gasteiger partial charge in [0.25, 0.3) is 15.0 Å². The number of ether oxygens (including phenoxy) is 1. The molecule has 0 radical (unpaired) electrons. The molecule has 1 heterocycles. The quantitative estimate of drug-likeness (QED) is 0.828. The first-order valence-corrected chi connectivity index (χ1v) is 9.18. The van der Waals surface area contributed by atoms with Gasteiger partial charge in [0, 0.05) is 17.3 Å². The minimum atomic E-state index is -4.06. The van der Waals surface area contributed by atoms with E-state index < -0.39 is 15.0 Å². The van der Waals surface area contributed by atoms with E-state index in [-0.39, 0.29) is 26.5 Å². The molecule has 9 heteroatoms. The average molecular weight is 373 g/mol. The van der Waals surface area contributed by atoms with E-state index in [0.29, 0.717) is 13.2 Å². The molecule has 1 fully saturated rings. The van der Waals surface area contributed by atoms with Crippen LogP contribution in [0.5, 0.6) is 0 Å². The van der Waals surface area contributed by atoms with Gasteiger partial charge in [0.2, 0.25) is 0 Å². The molecule has 0 aliphatic carbocycles. The molecular formula is C12H12Cl3NO4S. The van der Waals surface area contributed by atoms with Gasteiger partial charge in [-0.1, -0.05) is 23.2 Å². The monoisotopic (exact) mass is 371 g/mol. The van der Waals surface area contributed by atoms with Crippen molar-refractivity contribution in [1.29, 1.82) is 0 Å². The van der Waals surface area contributed by atoms with Gasteiger partial charge < -0.3 is 10.1 Å². The number of benzene rings is 1. The van der Waals surface area contributed by atoms with Crippen LogP contribution in [0.4, 0.5) is 0 Å². The Morgan fingerprint density at radius 1 is 1.33 bits per heavy atom. The van der Waals surface area contributed by atoms with Crippen molar-refractivity contribution in [2.75, 3.05) is 13.2 Å². The molecule has 1 atom stereocenters. The molecule has 1 aromatic carbocycles. The molecule has 1 aromatic rings. The van der Waals surface area contributed by atoms with Gasteiger partial charge in [-0.05, 0) is 25.0 Å². The summed E-state index contributed by atoms with van der Waals surface area (Å²) in [5.41, 5.74) is -0.106. The predicted octanol–water partition coefficient (Wildman–Crippen LogP) is 2.83. The molecule has 0 bridgehead atoms. The normalized spacial score (nSPS) is 19.3. The second-order valence-corrected chi connectivity index (χ2v) is 7.88. The number of rotatable bonds is 3. The SMILES string of the molecule is O=C(NC1CCCOC1)c1c(Cl)ccc(S(=O)(=O)Cl)c1Cl. The molecule has 21 heavy (non-hydrogen) atoms. The standard InChI is InChI=1S/C12H12Cl3NO4S/c13-8-3-4-9(21(15,18)19)11(14)10(8)12(17)16-7-2-1-5-20-6-7/h3-4,7H,1-2,5-6H2,(H,16,17). The van der Waals surface area contributed by atoms with Crippen molar-refractivity contribution in [1.82, 2.24) is 5.32 Å². The third kappa shape index (κ3) is 4.02. The van der Waals surface area contributed by atoms with Gasteiger partial charge in [-0.3, -0.25) is 4.79 Å². The Balaban J connectivity index is 2.32. The molecule has 116 valence electrons. The van der Waals surface area contributed by atoms with Gasteiger partial charge in [0.1, 0.15) is 4.90 Å². The number of hydrogen-bond acceptors (Lipinski definition) is 4. The second kappa shape index (κ2) is 6.71. The highest BCUT2D eigenvalue weighted by molar-refractivity contribution is 8.13. The molecule has 1 aliphatic rings. The minimum absolute atomic E-state index is 0.0540. The minimum Gasteiger partial charge on any atom is -0.379 e. The molecular weight excluding hydrogens is 361 g/mol. The Kier molecular flexibility index (Phi) is 5.38. The fourth-order valence-electron chi connectivity index (χ4n) is 2.04. The first kappa shape index (κ1) is 16.8. The van der Waals surface area contributed by atoms with Crippen LogP contribution >= 0.6 is 33.9 Å². The molecule has 1 amide bonds. The van der Waals surface area contributed by atoms with E-state index in [1.807, 2.05) is 0 Å². The fraction of sp³-hybridized carbons (Fsp3) is 0.417. The van der Waals surface area contributed by atoms with Crippen molar-refractivity contribution in [2.45, 2.75) is 23.8 Å². The Bertz CT molecular complexity index is 657. The molecule has 0 aromatic heterocycles. The van der Waals surface area contributed by atoms with Crippen LogP contribution in [0.2, 0.25) is 10.0 Å². The molecule has 1 N–H and O–H groups in total. The third-order valence-electron chi connectivity index (χ3n) is 3.04. The van der Waals surface area contributed by atoms with E-state index in [0.717, 1.165) is 18.9 Å². The lowest BCUT2D eigenvalue weighted by molar-refractivity contribution is 0.0624. The second-order valence-electron chi connectivity index (χ2n) is 4.56. The van der Waals surface area contributed by atoms with Crippen LogP contribution in [0.25, 0.3) is 0 Å². The third-order valence-corrected chi connectivity index (χ3v) is 5.22. The first-order valence-electron chi connectivity index (χ1n) is 6.12. The summed E-state index contributed by atoms with van der Waals surface area (Å²) in [6.45, 7) is 1.06. The molecule has 1 saturated heterocycles. The number of carbonyl (C=O) groups excluding carboxylic acids is 1. The van der Waals surface area contributed by atoms with Crippen molar-refractivity contribution in [2.24, 2.45) is 0 Å². The maximum Gasteiger partial charge on any atom is 0.262 e. The highest BCUT2D eigenvalue weighted by Crippen LogP contribution is 2.32. The van der Waals surface area contributed by atoms with Gasteiger partial charge in [0.05, 0.1) is 28.3 Å². The molecule has 1 unspecified atom stereocenters. The molecule has 5 nitrogen and oxygen atoms in total. The maximum absolute atomic E-state index is 12.3. The number of halogens is 3. The van der Waals surface area contributed by atoms with Crippen molar-refractivity contribution >= 4 is 48.8 Å². The van der Waals surface area contributed by atoms with E-state index in [4.69, 9.17) is 38.6 Å². The van der Waals surface area contributed by atoms with Crippen LogP contribution in [0.15, 0.2) is 17.0 Å². The highest BCUT2D eigenvalue weighted by atomic mass is 35.7. The van der Waals surface area contributed by atoms with E-state index in [1.54, 1.807) is 0 Å². The van der Waals surface area contributed by atoms with Gasteiger partial charge in [-0.2, -0.15) is 0 Å². The molecule has 0 saturated carbocycles. The molecule has 2 rings (SSSR count). The number of nitrogens with one attached hydrogen (secondary N) is 1. The van der Waals surface area contributed by atoms with Crippen molar-refractivity contribution in [3.63, 3.8) is 0 Å². The lowest BCUT2D eigenvalue weighted by Gasteiger charge is -2.23. The van der Waals surface area contributed by atoms with Gasteiger partial charge >= 0.3 is 0 Å². The summed E-state index contributed by atoms with van der Waals surface area (Å²) < 4.78 is 28.1. The Morgan fingerprint density at radius 2 is 2.05 bits per heavy atom. The summed E-state index contributed by atoms with van der Waals surface area (Å²) in [6, 6.07) is 2.28. The Morgan fingerprint density at radius 3 is 2.62 bits per heavy atom. The van der Waals surface area contributed by atoms with Crippen molar-refractivity contribution < 1.29 is 17.9 Å². The number of carbonyl (C=O) groups is 1. The zero-order chi connectivity index (χ0) is 15.6. The van der Waals surface area contributed by atoms with Crippen LogP contribution in [0.3, 0.4) is 0 Å². The summed E-state index contributed by atoms with van der Waals surface area (Å²) in [5, 5.41) is 2.49. The van der Waals surface area contributed by atoms with E-state index in [2.05, 4.69) is 5.32 Å². The van der Waals surface area contributed by atoms with Crippen LogP contribution < -0.4 is 5.32 Å². The maximum atomic E-state index is 12.3. The average Bonchev–Trinajstić information content (AvgIpc) is 2.38. The van der Waals surface area contributed by atoms with Crippen LogP contribution in [-0.2, 0) is 13.8 Å². The molecule has 1 aliphatic heterocycles. The van der Waals surface area contributed by atoms with Crippen LogP contribution in [0, 0.1) is 0 Å². The molecule has 0 spiro atoms. The van der Waals surface area contributed by atoms with Crippen LogP contribution in [-0.4, -0.2) is 33.6 Å². The zero-order valence-electron chi connectivity index (χ0n) is 10.7. The predicted molar refractivity (Wildman–Crippen MR) is 80.8 cm³/mol. The van der Waals surface area contributed by atoms with Crippen molar-refractivity contribution in [3.8, 4) is 0 Å². The lowest BCUT2D eigenvalue weighted by Crippen LogP contribution is -2.40. The fourth-order valence-corrected chi connectivity index (χ4v) is 3.94. The Hall–Kier alpha value is -0.530. The van der Waals surface area contributed by atoms with Gasteiger partial charge in [0.15, 0.2) is 0 Å². The smallest absolute Gasteiger partial charge is 0.262 e. The largest absolute Gasteiger partial charge is 0.379 e. The highest BCUT2D eigenvalue weighted by Gasteiger charge is 2.25. The first-order chi connectivity index (χ1) is 9.80. The topological polar surface area (TPSA) is 72.5 Å². The van der Waals surface area contributed by atoms with Crippen LogP contribution in [0.1, 0.15) is 23.2 Å². The summed E-state index contributed by atoms with van der Waals surface area (Å²) in [5.74, 6) is -0.553. The van der Waals surface area contributed by atoms with E-state index in [9.17, 15) is 13.2 Å². The lowest BCUT2D eigenvalue weighted by atomic mass is 10.1. The van der Waals surface area contributed by atoms with Gasteiger partial charge in [-0.15, -0.1) is 0 Å². The number of hydrogen-bond donors (Lipinski definition) is 1. The number of amides is 1. The summed E-state index contributed by atoms with van der Waals surface area (Å²) in [4.78, 5) is 11.9. The van der Waals surface area contributed by atoms with Crippen molar-refractivity contribution in [3.05, 3.63) is 27.7 Å². The Labute approximate surface area is 136 Å². The van der Waals surface area contributed by atoms with Gasteiger partial charge in [-0.25, -0.2) is 8.42 Å². The summed E-state index contributed by atoms with van der Waals surface area (Å²) in [7, 11) is 1.22. The zero-order valence-corrected chi connectivity index (χ0v) is 13.8. The van der Waals surface area contributed by atoms with E-state index in [1.165, 1.54) is 6.07 Å². The van der Waals surface area contributed by atoms with E-state index >= 15 is 0 Å².